The number of carboxylic acid groups (broad SMARTS) is 1. The number of ether oxygens (including phenoxy) is 2. The minimum Gasteiger partial charge on any atom is -0.481 e. The van der Waals surface area contributed by atoms with E-state index in [1.807, 2.05) is 0 Å². The summed E-state index contributed by atoms with van der Waals surface area (Å²) in [6, 6.07) is 0. The summed E-state index contributed by atoms with van der Waals surface area (Å²) in [7, 11) is 1.62. The van der Waals surface area contributed by atoms with Crippen molar-refractivity contribution in [3.05, 3.63) is 11.7 Å². The number of carbonyl (C=O) groups is 1. The predicted octanol–water partition coefficient (Wildman–Crippen LogP) is -0.208. The normalized spacial score (nSPS) is 28.9. The molecule has 0 aromatic carbocycles. The Labute approximate surface area is 122 Å². The number of nitrogens with zero attached hydrogens (tertiary/aromatic N) is 3. The van der Waals surface area contributed by atoms with Crippen molar-refractivity contribution in [2.45, 2.75) is 13.0 Å². The lowest BCUT2D eigenvalue weighted by Crippen LogP contribution is -2.38. The van der Waals surface area contributed by atoms with E-state index in [-0.39, 0.29) is 12.5 Å². The second-order valence-corrected chi connectivity index (χ2v) is 5.69. The fraction of sp³-hybridized carbons (Fsp3) is 0.769. The van der Waals surface area contributed by atoms with Gasteiger partial charge in [-0.15, -0.1) is 0 Å². The van der Waals surface area contributed by atoms with Crippen LogP contribution in [0.25, 0.3) is 0 Å². The SMILES string of the molecule is COCCc1noc(CN2C[C@@H]3COC[C@]3(C(=O)O)C2)n1. The summed E-state index contributed by atoms with van der Waals surface area (Å²) in [5, 5.41) is 13.4. The van der Waals surface area contributed by atoms with Gasteiger partial charge < -0.3 is 19.1 Å². The predicted molar refractivity (Wildman–Crippen MR) is 69.5 cm³/mol. The maximum absolute atomic E-state index is 11.6. The van der Waals surface area contributed by atoms with Crippen LogP contribution in [-0.2, 0) is 27.2 Å². The van der Waals surface area contributed by atoms with Crippen molar-refractivity contribution in [1.82, 2.24) is 15.0 Å². The molecule has 0 bridgehead atoms. The van der Waals surface area contributed by atoms with Gasteiger partial charge in [0.15, 0.2) is 5.82 Å². The van der Waals surface area contributed by atoms with Crippen molar-refractivity contribution in [1.29, 1.82) is 0 Å². The highest BCUT2D eigenvalue weighted by Crippen LogP contribution is 2.41. The van der Waals surface area contributed by atoms with Gasteiger partial charge in [-0.05, 0) is 0 Å². The van der Waals surface area contributed by atoms with E-state index in [2.05, 4.69) is 15.0 Å². The summed E-state index contributed by atoms with van der Waals surface area (Å²) in [6.45, 7) is 2.96. The van der Waals surface area contributed by atoms with Crippen LogP contribution in [0.4, 0.5) is 0 Å². The molecule has 8 nitrogen and oxygen atoms in total. The van der Waals surface area contributed by atoms with Crippen molar-refractivity contribution in [2.75, 3.05) is 40.0 Å². The molecule has 0 radical (unpaired) electrons. The number of rotatable bonds is 6. The third-order valence-electron chi connectivity index (χ3n) is 4.27. The molecule has 2 saturated heterocycles. The number of carboxylic acids is 1. The molecule has 0 unspecified atom stereocenters. The summed E-state index contributed by atoms with van der Waals surface area (Å²) >= 11 is 0. The molecule has 3 rings (SSSR count). The summed E-state index contributed by atoms with van der Waals surface area (Å²) in [4.78, 5) is 17.9. The van der Waals surface area contributed by atoms with Crippen LogP contribution >= 0.6 is 0 Å². The lowest BCUT2D eigenvalue weighted by molar-refractivity contribution is -0.149. The highest BCUT2D eigenvalue weighted by atomic mass is 16.5. The van der Waals surface area contributed by atoms with Crippen LogP contribution in [0.3, 0.4) is 0 Å². The molecule has 2 atom stereocenters. The Balaban J connectivity index is 1.62. The Morgan fingerprint density at radius 3 is 3.19 bits per heavy atom. The number of likely N-dealkylation sites (tertiary alicyclic amines) is 1. The second-order valence-electron chi connectivity index (χ2n) is 5.69. The van der Waals surface area contributed by atoms with Crippen LogP contribution in [0.1, 0.15) is 11.7 Å². The molecule has 0 aliphatic carbocycles. The minimum atomic E-state index is -0.779. The number of fused-ring (bicyclic) bond motifs is 1. The molecule has 2 fully saturated rings. The van der Waals surface area contributed by atoms with Gasteiger partial charge in [-0.3, -0.25) is 9.69 Å². The zero-order valence-corrected chi connectivity index (χ0v) is 11.9. The van der Waals surface area contributed by atoms with Crippen LogP contribution in [-0.4, -0.2) is 66.1 Å². The minimum absolute atomic E-state index is 0.0332. The zero-order valence-electron chi connectivity index (χ0n) is 11.9. The molecule has 1 aromatic heterocycles. The Morgan fingerprint density at radius 1 is 1.62 bits per heavy atom. The standard InChI is InChI=1S/C13H19N3O5/c1-19-3-2-10-14-11(21-15-10)5-16-4-9-6-20-8-13(9,7-16)12(17)18/h9H,2-8H2,1H3,(H,17,18)/t9-,13-/m1/s1. The van der Waals surface area contributed by atoms with Gasteiger partial charge in [0.2, 0.25) is 5.89 Å². The van der Waals surface area contributed by atoms with E-state index in [1.54, 1.807) is 7.11 Å². The highest BCUT2D eigenvalue weighted by Gasteiger charge is 2.56. The van der Waals surface area contributed by atoms with E-state index in [9.17, 15) is 9.90 Å². The van der Waals surface area contributed by atoms with E-state index < -0.39 is 11.4 Å². The first-order valence-electron chi connectivity index (χ1n) is 6.98. The molecule has 1 aromatic rings. The van der Waals surface area contributed by atoms with Crippen molar-refractivity contribution >= 4 is 5.97 Å². The van der Waals surface area contributed by atoms with E-state index in [4.69, 9.17) is 14.0 Å². The van der Waals surface area contributed by atoms with Gasteiger partial charge in [-0.2, -0.15) is 4.98 Å². The largest absolute Gasteiger partial charge is 0.481 e. The molecule has 21 heavy (non-hydrogen) atoms. The topological polar surface area (TPSA) is 97.9 Å². The van der Waals surface area contributed by atoms with Crippen LogP contribution in [0.5, 0.6) is 0 Å². The van der Waals surface area contributed by atoms with E-state index in [1.165, 1.54) is 0 Å². The van der Waals surface area contributed by atoms with Crippen molar-refractivity contribution in [3.63, 3.8) is 0 Å². The average molecular weight is 297 g/mol. The maximum Gasteiger partial charge on any atom is 0.313 e. The third-order valence-corrected chi connectivity index (χ3v) is 4.27. The molecule has 2 aliphatic heterocycles. The zero-order chi connectivity index (χ0) is 14.9. The number of hydrogen-bond donors (Lipinski definition) is 1. The number of hydrogen-bond acceptors (Lipinski definition) is 7. The molecule has 116 valence electrons. The van der Waals surface area contributed by atoms with E-state index in [0.717, 1.165) is 0 Å². The van der Waals surface area contributed by atoms with Crippen LogP contribution < -0.4 is 0 Å². The summed E-state index contributed by atoms with van der Waals surface area (Å²) in [5.74, 6) is 0.384. The fourth-order valence-corrected chi connectivity index (χ4v) is 3.10. The van der Waals surface area contributed by atoms with E-state index in [0.29, 0.717) is 51.0 Å². The molecule has 0 saturated carbocycles. The number of aliphatic carboxylic acids is 1. The Hall–Kier alpha value is -1.51. The first-order valence-corrected chi connectivity index (χ1v) is 6.98. The molecular formula is C13H19N3O5. The van der Waals surface area contributed by atoms with Gasteiger partial charge in [0, 0.05) is 32.5 Å². The number of aromatic nitrogens is 2. The van der Waals surface area contributed by atoms with Crippen LogP contribution in [0, 0.1) is 11.3 Å². The van der Waals surface area contributed by atoms with Gasteiger partial charge >= 0.3 is 5.97 Å². The first-order chi connectivity index (χ1) is 10.1. The van der Waals surface area contributed by atoms with E-state index >= 15 is 0 Å². The molecule has 8 heteroatoms. The van der Waals surface area contributed by atoms with Crippen LogP contribution in [0.2, 0.25) is 0 Å². The summed E-state index contributed by atoms with van der Waals surface area (Å²) in [6.07, 6.45) is 0.607. The molecule has 0 spiro atoms. The Bertz CT molecular complexity index is 520. The summed E-state index contributed by atoms with van der Waals surface area (Å²) < 4.78 is 15.5. The van der Waals surface area contributed by atoms with Crippen LogP contribution in [0.15, 0.2) is 4.52 Å². The van der Waals surface area contributed by atoms with Gasteiger partial charge in [0.1, 0.15) is 5.41 Å². The Morgan fingerprint density at radius 2 is 2.48 bits per heavy atom. The molecule has 3 heterocycles. The van der Waals surface area contributed by atoms with Gasteiger partial charge in [-0.1, -0.05) is 5.16 Å². The maximum atomic E-state index is 11.6. The van der Waals surface area contributed by atoms with Gasteiger partial charge in [-0.25, -0.2) is 0 Å². The smallest absolute Gasteiger partial charge is 0.313 e. The number of methoxy groups -OCH3 is 1. The second kappa shape index (κ2) is 5.70. The molecule has 1 N–H and O–H groups in total. The molecular weight excluding hydrogens is 278 g/mol. The Kier molecular flexibility index (Phi) is 3.92. The van der Waals surface area contributed by atoms with Crippen molar-refractivity contribution in [3.8, 4) is 0 Å². The highest BCUT2D eigenvalue weighted by molar-refractivity contribution is 5.76. The average Bonchev–Trinajstić information content (AvgIpc) is 3.10. The lowest BCUT2D eigenvalue weighted by Gasteiger charge is -2.21. The quantitative estimate of drug-likeness (QED) is 0.770. The van der Waals surface area contributed by atoms with Crippen molar-refractivity contribution < 1.29 is 23.9 Å². The van der Waals surface area contributed by atoms with Gasteiger partial charge in [0.25, 0.3) is 0 Å². The molecule has 2 aliphatic rings. The monoisotopic (exact) mass is 297 g/mol. The first kappa shape index (κ1) is 14.4. The third kappa shape index (κ3) is 2.66. The summed E-state index contributed by atoms with van der Waals surface area (Å²) in [5.41, 5.74) is -0.779. The lowest BCUT2D eigenvalue weighted by atomic mass is 9.81. The van der Waals surface area contributed by atoms with Gasteiger partial charge in [0.05, 0.1) is 26.4 Å². The molecule has 0 amide bonds. The van der Waals surface area contributed by atoms with Crippen molar-refractivity contribution in [2.24, 2.45) is 11.3 Å². The fourth-order valence-electron chi connectivity index (χ4n) is 3.10.